The van der Waals surface area contributed by atoms with Gasteiger partial charge in [0.2, 0.25) is 0 Å². The van der Waals surface area contributed by atoms with Gasteiger partial charge in [-0.3, -0.25) is 0 Å². The molecule has 9 heavy (non-hydrogen) atoms. The molecule has 1 heteroatoms. The van der Waals surface area contributed by atoms with Crippen molar-refractivity contribution in [3.8, 4) is 0 Å². The molecule has 0 amide bonds. The molecule has 1 rings (SSSR count). The smallest absolute Gasteiger partial charge is 0.0143 e. The van der Waals surface area contributed by atoms with Crippen LogP contribution in [0.5, 0.6) is 0 Å². The highest BCUT2D eigenvalue weighted by molar-refractivity contribution is 7.75. The lowest BCUT2D eigenvalue weighted by Crippen LogP contribution is -1.91. The minimum absolute atomic E-state index is 0.545. The van der Waals surface area contributed by atoms with Crippen molar-refractivity contribution in [1.29, 1.82) is 0 Å². The zero-order valence-corrected chi connectivity index (χ0v) is 7.20. The molecule has 0 atom stereocenters. The third kappa shape index (κ3) is 1.30. The monoisotopic (exact) mass is 142 g/mol. The van der Waals surface area contributed by atoms with Gasteiger partial charge in [-0.1, -0.05) is 31.8 Å². The van der Waals surface area contributed by atoms with Gasteiger partial charge in [-0.25, -0.2) is 0 Å². The fourth-order valence-electron chi connectivity index (χ4n) is 1.27. The minimum Gasteiger partial charge on any atom is -0.102 e. The maximum absolute atomic E-state index is 2.47. The first-order valence-corrected chi connectivity index (χ1v) is 6.11. The first kappa shape index (κ1) is 7.15. The Balaban J connectivity index is 2.72. The number of rotatable bonds is 2. The molecule has 0 bridgehead atoms. The largest absolute Gasteiger partial charge is 0.102 e. The van der Waals surface area contributed by atoms with Crippen molar-refractivity contribution in [2.45, 2.75) is 13.8 Å². The van der Waals surface area contributed by atoms with Gasteiger partial charge in [0.25, 0.3) is 0 Å². The summed E-state index contributed by atoms with van der Waals surface area (Å²) >= 11 is 0. The third-order valence-corrected chi connectivity index (χ3v) is 6.53. The van der Waals surface area contributed by atoms with Gasteiger partial charge in [0.15, 0.2) is 0 Å². The van der Waals surface area contributed by atoms with Crippen LogP contribution in [0.1, 0.15) is 13.8 Å². The quantitative estimate of drug-likeness (QED) is 0.519. The van der Waals surface area contributed by atoms with E-state index in [9.17, 15) is 0 Å². The second-order valence-electron chi connectivity index (χ2n) is 2.61. The van der Waals surface area contributed by atoms with E-state index in [-0.39, 0.29) is 0 Å². The van der Waals surface area contributed by atoms with Crippen molar-refractivity contribution in [2.75, 3.05) is 18.5 Å². The first-order valence-electron chi connectivity index (χ1n) is 3.70. The summed E-state index contributed by atoms with van der Waals surface area (Å²) in [6.45, 7) is 4.10. The van der Waals surface area contributed by atoms with Crippen molar-refractivity contribution < 1.29 is 0 Å². The van der Waals surface area contributed by atoms with Gasteiger partial charge >= 0.3 is 0 Å². The van der Waals surface area contributed by atoms with Crippen LogP contribution < -0.4 is 0 Å². The van der Waals surface area contributed by atoms with E-state index >= 15 is 0 Å². The van der Waals surface area contributed by atoms with Gasteiger partial charge in [-0.15, -0.1) is 6.89 Å². The van der Waals surface area contributed by atoms with E-state index in [0.29, 0.717) is 0 Å². The topological polar surface area (TPSA) is 0 Å². The molecule has 1 heterocycles. The van der Waals surface area contributed by atoms with Gasteiger partial charge in [-0.2, -0.15) is 0 Å². The van der Waals surface area contributed by atoms with Crippen LogP contribution in [0.4, 0.5) is 0 Å². The predicted molar refractivity (Wildman–Crippen MR) is 48.1 cm³/mol. The van der Waals surface area contributed by atoms with Crippen LogP contribution in [0.3, 0.4) is 0 Å². The van der Waals surface area contributed by atoms with Crippen molar-refractivity contribution in [3.63, 3.8) is 0 Å². The fraction of sp³-hybridized carbons (Fsp3) is 0.625. The molecule has 0 aromatic heterocycles. The zero-order chi connectivity index (χ0) is 6.74. The fourth-order valence-corrected chi connectivity index (χ4v) is 3.80. The van der Waals surface area contributed by atoms with E-state index in [1.165, 1.54) is 18.5 Å². The van der Waals surface area contributed by atoms with Crippen molar-refractivity contribution in [2.24, 2.45) is 0 Å². The first-order chi connectivity index (χ1) is 4.33. The van der Waals surface area contributed by atoms with E-state index in [1.807, 2.05) is 0 Å². The van der Waals surface area contributed by atoms with Crippen LogP contribution in [0.25, 0.3) is 0 Å². The maximum atomic E-state index is 2.47. The zero-order valence-electron chi connectivity index (χ0n) is 6.30. The molecule has 0 aliphatic carbocycles. The molecule has 0 nitrogen and oxygen atoms in total. The second kappa shape index (κ2) is 2.75. The highest BCUT2D eigenvalue weighted by atomic mass is 31.2. The van der Waals surface area contributed by atoms with Crippen molar-refractivity contribution >= 4 is 12.7 Å². The van der Waals surface area contributed by atoms with Gasteiger partial charge in [0.1, 0.15) is 0 Å². The summed E-state index contributed by atoms with van der Waals surface area (Å²) in [6, 6.07) is 0. The Morgan fingerprint density at radius 3 is 2.22 bits per heavy atom. The molecule has 52 valence electrons. The lowest BCUT2D eigenvalue weighted by molar-refractivity contribution is 1.39. The Bertz CT molecular complexity index is 157. The molecule has 0 saturated carbocycles. The van der Waals surface area contributed by atoms with Crippen LogP contribution in [-0.2, 0) is 0 Å². The summed E-state index contributed by atoms with van der Waals surface area (Å²) in [5, 5.41) is 0. The summed E-state index contributed by atoms with van der Waals surface area (Å²) in [7, 11) is 0. The van der Waals surface area contributed by atoms with Crippen molar-refractivity contribution in [1.82, 2.24) is 0 Å². The Hall–Kier alpha value is 0.0400. The highest BCUT2D eigenvalue weighted by Gasteiger charge is 2.11. The molecular formula is C8H15P. The van der Waals surface area contributed by atoms with E-state index in [1.54, 1.807) is 0 Å². The Morgan fingerprint density at radius 2 is 2.00 bits per heavy atom. The average Bonchev–Trinajstić information content (AvgIpc) is 2.36. The molecule has 0 aromatic rings. The van der Waals surface area contributed by atoms with Gasteiger partial charge in [-0.05, 0) is 18.5 Å². The summed E-state index contributed by atoms with van der Waals surface area (Å²) in [6.07, 6.45) is 8.74. The van der Waals surface area contributed by atoms with Crippen LogP contribution >= 0.6 is 6.89 Å². The highest BCUT2D eigenvalue weighted by Crippen LogP contribution is 2.47. The summed E-state index contributed by atoms with van der Waals surface area (Å²) in [5.41, 5.74) is 0. The van der Waals surface area contributed by atoms with E-state index in [2.05, 4.69) is 31.8 Å². The second-order valence-corrected chi connectivity index (χ2v) is 6.98. The molecule has 0 unspecified atom stereocenters. The molecule has 1 aliphatic heterocycles. The molecule has 1 aliphatic rings. The molecule has 0 saturated heterocycles. The van der Waals surface area contributed by atoms with Gasteiger partial charge < -0.3 is 0 Å². The Morgan fingerprint density at radius 1 is 1.33 bits per heavy atom. The number of hydrogen-bond acceptors (Lipinski definition) is 0. The molecule has 0 radical (unpaired) electrons. The van der Waals surface area contributed by atoms with Crippen LogP contribution in [-0.4, -0.2) is 24.3 Å². The Kier molecular flexibility index (Phi) is 2.18. The summed E-state index contributed by atoms with van der Waals surface area (Å²) < 4.78 is 0. The predicted octanol–water partition coefficient (Wildman–Crippen LogP) is 2.42. The van der Waals surface area contributed by atoms with Crippen LogP contribution in [0.2, 0.25) is 0 Å². The average molecular weight is 142 g/mol. The van der Waals surface area contributed by atoms with Crippen LogP contribution in [0.15, 0.2) is 12.2 Å². The Labute approximate surface area is 57.9 Å². The minimum atomic E-state index is -0.545. The molecule has 0 aromatic carbocycles. The normalized spacial score (nSPS) is 22.0. The lowest BCUT2D eigenvalue weighted by Gasteiger charge is -2.16. The van der Waals surface area contributed by atoms with Crippen molar-refractivity contribution in [3.05, 3.63) is 12.2 Å². The van der Waals surface area contributed by atoms with Gasteiger partial charge in [0, 0.05) is 0 Å². The maximum Gasteiger partial charge on any atom is -0.0143 e. The van der Waals surface area contributed by atoms with Gasteiger partial charge in [0.05, 0.1) is 0 Å². The molecule has 0 N–H and O–H groups in total. The third-order valence-electron chi connectivity index (χ3n) is 2.27. The molecule has 0 fully saturated rings. The number of allylic oxidation sites excluding steroid dienone is 2. The van der Waals surface area contributed by atoms with E-state index in [0.717, 1.165) is 0 Å². The van der Waals surface area contributed by atoms with E-state index in [4.69, 9.17) is 0 Å². The molecular weight excluding hydrogens is 127 g/mol. The summed E-state index contributed by atoms with van der Waals surface area (Å²) in [5.74, 6) is 2.47. The lowest BCUT2D eigenvalue weighted by atomic mass is 10.6. The number of hydrogen-bond donors (Lipinski definition) is 0. The summed E-state index contributed by atoms with van der Waals surface area (Å²) in [4.78, 5) is 0. The van der Waals surface area contributed by atoms with E-state index < -0.39 is 6.89 Å². The SMILES string of the molecule is CCP1(CC)=CC=CC1. The molecule has 0 spiro atoms. The van der Waals surface area contributed by atoms with Crippen LogP contribution in [0, 0.1) is 0 Å². The standard InChI is InChI=1S/C8H15P/c1-3-9(4-2)7-5-6-8-9/h5-7H,3-4,8H2,1-2H3.